The van der Waals surface area contributed by atoms with Crippen LogP contribution in [-0.4, -0.2) is 23.3 Å². The molecule has 0 saturated heterocycles. The number of H-pyrrole nitrogens is 1. The normalized spacial score (nSPS) is 11.9. The fraction of sp³-hybridized carbons (Fsp3) is 0.167. The molecule has 0 aliphatic heterocycles. The summed E-state index contributed by atoms with van der Waals surface area (Å²) >= 11 is 0. The van der Waals surface area contributed by atoms with Crippen LogP contribution in [0, 0.1) is 11.6 Å². The molecule has 22 heavy (non-hydrogen) atoms. The van der Waals surface area contributed by atoms with Gasteiger partial charge in [0.1, 0.15) is 11.4 Å². The fourth-order valence-electron chi connectivity index (χ4n) is 1.37. The number of benzene rings is 1. The van der Waals surface area contributed by atoms with Crippen molar-refractivity contribution in [1.82, 2.24) is 10.2 Å². The topological polar surface area (TPSA) is 62.3 Å². The first kappa shape index (κ1) is 15.7. The molecule has 0 atom stereocenters. The van der Waals surface area contributed by atoms with Crippen molar-refractivity contribution in [3.05, 3.63) is 41.6 Å². The second-order valence-electron chi connectivity index (χ2n) is 3.97. The summed E-state index contributed by atoms with van der Waals surface area (Å²) in [5.41, 5.74) is -0.999. The maximum Gasteiger partial charge on any atom is 0.432 e. The highest BCUT2D eigenvalue weighted by molar-refractivity contribution is 5.73. The summed E-state index contributed by atoms with van der Waals surface area (Å²) < 4.78 is 67.4. The van der Waals surface area contributed by atoms with Crippen LogP contribution in [0.1, 0.15) is 5.69 Å². The van der Waals surface area contributed by atoms with Crippen molar-refractivity contribution in [2.24, 2.45) is 4.99 Å². The molecule has 1 aromatic carbocycles. The summed E-state index contributed by atoms with van der Waals surface area (Å²) in [6.45, 7) is -0.241. The van der Waals surface area contributed by atoms with Crippen LogP contribution in [0.15, 0.2) is 29.3 Å². The Bertz CT molecular complexity index is 668. The molecule has 2 N–H and O–H groups in total. The smallest absolute Gasteiger partial charge is 0.432 e. The van der Waals surface area contributed by atoms with E-state index in [0.717, 1.165) is 24.5 Å². The van der Waals surface area contributed by atoms with E-state index in [2.05, 4.69) is 15.4 Å². The molecule has 2 rings (SSSR count). The maximum absolute atomic E-state index is 12.9. The van der Waals surface area contributed by atoms with E-state index < -0.39 is 23.5 Å². The van der Waals surface area contributed by atoms with Crippen molar-refractivity contribution >= 4 is 12.2 Å². The van der Waals surface area contributed by atoms with Crippen LogP contribution < -0.4 is 10.1 Å². The van der Waals surface area contributed by atoms with Gasteiger partial charge in [-0.05, 0) is 12.1 Å². The van der Waals surface area contributed by atoms with Gasteiger partial charge in [0.2, 0.25) is 0 Å². The summed E-state index contributed by atoms with van der Waals surface area (Å²) in [7, 11) is 0. The van der Waals surface area contributed by atoms with Gasteiger partial charge in [-0.1, -0.05) is 0 Å². The van der Waals surface area contributed by atoms with Gasteiger partial charge < -0.3 is 10.1 Å². The van der Waals surface area contributed by atoms with Gasteiger partial charge in [0.05, 0.1) is 6.34 Å². The number of hydrogen-bond acceptors (Lipinski definition) is 3. The Balaban J connectivity index is 1.81. The monoisotopic (exact) mass is 320 g/mol. The van der Waals surface area contributed by atoms with Crippen LogP contribution in [-0.2, 0) is 6.18 Å². The number of aliphatic imine (C=N–C) groups is 1. The lowest BCUT2D eigenvalue weighted by molar-refractivity contribution is -0.141. The molecule has 1 heterocycles. The number of halogens is 5. The Morgan fingerprint density at radius 2 is 2.00 bits per heavy atom. The van der Waals surface area contributed by atoms with Gasteiger partial charge in [-0.15, -0.1) is 0 Å². The lowest BCUT2D eigenvalue weighted by Gasteiger charge is -2.02. The molecule has 10 heteroatoms. The average Bonchev–Trinajstić information content (AvgIpc) is 2.91. The highest BCUT2D eigenvalue weighted by atomic mass is 19.4. The van der Waals surface area contributed by atoms with E-state index in [0.29, 0.717) is 0 Å². The van der Waals surface area contributed by atoms with Crippen LogP contribution in [0.4, 0.5) is 27.8 Å². The number of rotatable bonds is 5. The molecule has 0 aliphatic carbocycles. The zero-order valence-electron chi connectivity index (χ0n) is 10.8. The third-order valence-electron chi connectivity index (χ3n) is 2.38. The summed E-state index contributed by atoms with van der Waals surface area (Å²) in [6, 6.07) is 3.73. The zero-order valence-corrected chi connectivity index (χ0v) is 10.8. The molecule has 0 unspecified atom stereocenters. The largest absolute Gasteiger partial charge is 0.471 e. The Hall–Kier alpha value is -2.65. The van der Waals surface area contributed by atoms with Crippen molar-refractivity contribution in [3.8, 4) is 5.75 Å². The summed E-state index contributed by atoms with van der Waals surface area (Å²) in [5, 5.41) is 7.59. The highest BCUT2D eigenvalue weighted by Crippen LogP contribution is 2.28. The molecular formula is C12H9F5N4O. The predicted octanol–water partition coefficient (Wildman–Crippen LogP) is 3.18. The van der Waals surface area contributed by atoms with E-state index in [9.17, 15) is 22.0 Å². The van der Waals surface area contributed by atoms with E-state index >= 15 is 0 Å². The van der Waals surface area contributed by atoms with Crippen molar-refractivity contribution in [2.75, 3.05) is 12.0 Å². The molecule has 0 fully saturated rings. The lowest BCUT2D eigenvalue weighted by atomic mass is 10.3. The average molecular weight is 320 g/mol. The third-order valence-corrected chi connectivity index (χ3v) is 2.38. The van der Waals surface area contributed by atoms with E-state index in [1.54, 1.807) is 0 Å². The van der Waals surface area contributed by atoms with Gasteiger partial charge in [-0.3, -0.25) is 5.10 Å². The fourth-order valence-corrected chi connectivity index (χ4v) is 1.37. The second-order valence-corrected chi connectivity index (χ2v) is 3.97. The van der Waals surface area contributed by atoms with Crippen LogP contribution in [0.25, 0.3) is 0 Å². The SMILES string of the molecule is Fc1ccc(OCN=CNc2cc(C(F)(F)F)[nH]n2)cc1F. The molecule has 1 aromatic heterocycles. The van der Waals surface area contributed by atoms with E-state index in [4.69, 9.17) is 4.74 Å². The molecule has 0 saturated carbocycles. The maximum atomic E-state index is 12.9. The van der Waals surface area contributed by atoms with E-state index in [1.807, 2.05) is 5.10 Å². The minimum absolute atomic E-state index is 0.0650. The molecule has 0 aliphatic rings. The first-order valence-corrected chi connectivity index (χ1v) is 5.81. The van der Waals surface area contributed by atoms with Gasteiger partial charge >= 0.3 is 6.18 Å². The quantitative estimate of drug-likeness (QED) is 0.505. The highest BCUT2D eigenvalue weighted by Gasteiger charge is 2.32. The Kier molecular flexibility index (Phi) is 4.59. The Morgan fingerprint density at radius 1 is 1.23 bits per heavy atom. The standard InChI is InChI=1S/C12H9F5N4O/c13-8-2-1-7(3-9(8)14)22-6-18-5-19-11-4-10(20-21-11)12(15,16)17/h1-5H,6H2,(H2,18,19,20,21). The third kappa shape index (κ3) is 4.17. The van der Waals surface area contributed by atoms with Crippen molar-refractivity contribution in [3.63, 3.8) is 0 Å². The number of alkyl halides is 3. The molecule has 5 nitrogen and oxygen atoms in total. The number of nitrogens with zero attached hydrogens (tertiary/aromatic N) is 2. The van der Waals surface area contributed by atoms with Gasteiger partial charge in [0.25, 0.3) is 0 Å². The number of ether oxygens (including phenoxy) is 1. The lowest BCUT2D eigenvalue weighted by Crippen LogP contribution is -2.04. The van der Waals surface area contributed by atoms with Crippen molar-refractivity contribution in [1.29, 1.82) is 0 Å². The van der Waals surface area contributed by atoms with E-state index in [1.165, 1.54) is 6.07 Å². The molecule has 0 amide bonds. The van der Waals surface area contributed by atoms with Gasteiger partial charge in [0, 0.05) is 12.1 Å². The van der Waals surface area contributed by atoms with E-state index in [-0.39, 0.29) is 18.3 Å². The minimum atomic E-state index is -4.51. The summed E-state index contributed by atoms with van der Waals surface area (Å²) in [6.07, 6.45) is -3.45. The molecule has 0 bridgehead atoms. The minimum Gasteiger partial charge on any atom is -0.471 e. The number of nitrogens with one attached hydrogen (secondary N) is 2. The number of aromatic nitrogens is 2. The van der Waals surface area contributed by atoms with Gasteiger partial charge in [0.15, 0.2) is 24.2 Å². The molecule has 2 aromatic rings. The zero-order chi connectivity index (χ0) is 16.2. The number of anilines is 1. The summed E-state index contributed by atoms with van der Waals surface area (Å²) in [5.74, 6) is -2.08. The second kappa shape index (κ2) is 6.41. The molecule has 0 radical (unpaired) electrons. The van der Waals surface area contributed by atoms with Crippen molar-refractivity contribution < 1.29 is 26.7 Å². The van der Waals surface area contributed by atoms with Crippen molar-refractivity contribution in [2.45, 2.75) is 6.18 Å². The molecular weight excluding hydrogens is 311 g/mol. The number of hydrogen-bond donors (Lipinski definition) is 2. The Morgan fingerprint density at radius 3 is 2.64 bits per heavy atom. The van der Waals surface area contributed by atoms with Crippen LogP contribution in [0.2, 0.25) is 0 Å². The first-order valence-electron chi connectivity index (χ1n) is 5.81. The number of aromatic amines is 1. The van der Waals surface area contributed by atoms with Crippen LogP contribution >= 0.6 is 0 Å². The Labute approximate surface area is 120 Å². The predicted molar refractivity (Wildman–Crippen MR) is 67.6 cm³/mol. The van der Waals surface area contributed by atoms with Crippen LogP contribution in [0.3, 0.4) is 0 Å². The first-order chi connectivity index (χ1) is 10.4. The van der Waals surface area contributed by atoms with Crippen LogP contribution in [0.5, 0.6) is 5.75 Å². The van der Waals surface area contributed by atoms with Gasteiger partial charge in [-0.25, -0.2) is 13.8 Å². The molecule has 118 valence electrons. The van der Waals surface area contributed by atoms with Gasteiger partial charge in [-0.2, -0.15) is 18.3 Å². The summed E-state index contributed by atoms with van der Waals surface area (Å²) in [4.78, 5) is 3.68. The molecule has 0 spiro atoms.